The Morgan fingerprint density at radius 3 is 2.47 bits per heavy atom. The summed E-state index contributed by atoms with van der Waals surface area (Å²) in [5.74, 6) is 0.634. The second-order valence-electron chi connectivity index (χ2n) is 4.59. The molecule has 1 N–H and O–H groups in total. The third-order valence-electron chi connectivity index (χ3n) is 3.31. The number of carbonyl (C=O) groups excluding carboxylic acids is 1. The lowest BCUT2D eigenvalue weighted by molar-refractivity contribution is -0.114. The third kappa shape index (κ3) is 3.27. The standard InChI is InChI=1S/C15H19NO/c1-12(17)15(14-7-9-16-10-8-14)11-13-5-3-2-4-6-13/h2-6,11,14,16H,7-10H2,1H3. The maximum absolute atomic E-state index is 11.8. The average Bonchev–Trinajstić information content (AvgIpc) is 2.38. The van der Waals surface area contributed by atoms with Crippen molar-refractivity contribution in [2.45, 2.75) is 19.8 Å². The number of Topliss-reactive ketones (excluding diaryl/α,β-unsaturated/α-hetero) is 1. The summed E-state index contributed by atoms with van der Waals surface area (Å²) in [6.45, 7) is 3.71. The van der Waals surface area contributed by atoms with E-state index in [0.29, 0.717) is 5.92 Å². The Morgan fingerprint density at radius 2 is 1.88 bits per heavy atom. The normalized spacial score (nSPS) is 18.1. The van der Waals surface area contributed by atoms with Gasteiger partial charge in [-0.25, -0.2) is 0 Å². The number of piperidine rings is 1. The van der Waals surface area contributed by atoms with E-state index < -0.39 is 0 Å². The van der Waals surface area contributed by atoms with Gasteiger partial charge in [0.1, 0.15) is 0 Å². The molecule has 1 aromatic rings. The van der Waals surface area contributed by atoms with Gasteiger partial charge >= 0.3 is 0 Å². The number of carbonyl (C=O) groups is 1. The van der Waals surface area contributed by atoms with Gasteiger partial charge in [-0.3, -0.25) is 4.79 Å². The van der Waals surface area contributed by atoms with Crippen LogP contribution in [-0.4, -0.2) is 18.9 Å². The zero-order valence-electron chi connectivity index (χ0n) is 10.3. The van der Waals surface area contributed by atoms with Gasteiger partial charge in [0.15, 0.2) is 5.78 Å². The molecule has 1 aliphatic heterocycles. The molecule has 17 heavy (non-hydrogen) atoms. The Balaban J connectivity index is 2.22. The van der Waals surface area contributed by atoms with Crippen LogP contribution in [0.15, 0.2) is 35.9 Å². The minimum atomic E-state index is 0.209. The van der Waals surface area contributed by atoms with E-state index in [2.05, 4.69) is 11.4 Å². The minimum absolute atomic E-state index is 0.209. The van der Waals surface area contributed by atoms with Gasteiger partial charge < -0.3 is 5.32 Å². The number of benzene rings is 1. The Labute approximate surface area is 103 Å². The van der Waals surface area contributed by atoms with Crippen LogP contribution in [0.3, 0.4) is 0 Å². The summed E-state index contributed by atoms with van der Waals surface area (Å²) in [6, 6.07) is 10.1. The molecule has 2 rings (SSSR count). The fourth-order valence-electron chi connectivity index (χ4n) is 2.37. The Bertz CT molecular complexity index is 402. The molecule has 0 saturated carbocycles. The first kappa shape index (κ1) is 12.1. The Kier molecular flexibility index (Phi) is 4.10. The minimum Gasteiger partial charge on any atom is -0.317 e. The summed E-state index contributed by atoms with van der Waals surface area (Å²) < 4.78 is 0. The van der Waals surface area contributed by atoms with Gasteiger partial charge in [0.2, 0.25) is 0 Å². The summed E-state index contributed by atoms with van der Waals surface area (Å²) in [5, 5.41) is 3.33. The fraction of sp³-hybridized carbons (Fsp3) is 0.400. The van der Waals surface area contributed by atoms with Gasteiger partial charge in [-0.1, -0.05) is 30.3 Å². The second kappa shape index (κ2) is 5.78. The molecule has 2 heteroatoms. The van der Waals surface area contributed by atoms with E-state index in [9.17, 15) is 4.79 Å². The van der Waals surface area contributed by atoms with Crippen molar-refractivity contribution in [3.05, 3.63) is 41.5 Å². The number of nitrogens with one attached hydrogen (secondary N) is 1. The molecule has 0 radical (unpaired) electrons. The van der Waals surface area contributed by atoms with Crippen LogP contribution in [0.1, 0.15) is 25.3 Å². The highest BCUT2D eigenvalue weighted by Gasteiger charge is 2.20. The first-order valence-corrected chi connectivity index (χ1v) is 6.25. The number of allylic oxidation sites excluding steroid dienone is 1. The lowest BCUT2D eigenvalue weighted by Gasteiger charge is -2.24. The lowest BCUT2D eigenvalue weighted by atomic mass is 9.86. The summed E-state index contributed by atoms with van der Waals surface area (Å²) in [6.07, 6.45) is 4.19. The predicted molar refractivity (Wildman–Crippen MR) is 70.7 cm³/mol. The van der Waals surface area contributed by atoms with E-state index in [1.54, 1.807) is 6.92 Å². The van der Waals surface area contributed by atoms with Crippen molar-refractivity contribution in [2.75, 3.05) is 13.1 Å². The zero-order valence-corrected chi connectivity index (χ0v) is 10.3. The molecule has 2 nitrogen and oxygen atoms in total. The van der Waals surface area contributed by atoms with Crippen LogP contribution < -0.4 is 5.32 Å². The van der Waals surface area contributed by atoms with E-state index in [1.165, 1.54) is 0 Å². The number of hydrogen-bond donors (Lipinski definition) is 1. The van der Waals surface area contributed by atoms with E-state index >= 15 is 0 Å². The van der Waals surface area contributed by atoms with Crippen LogP contribution in [0.5, 0.6) is 0 Å². The van der Waals surface area contributed by atoms with Gasteiger partial charge in [0.25, 0.3) is 0 Å². The smallest absolute Gasteiger partial charge is 0.156 e. The fourth-order valence-corrected chi connectivity index (χ4v) is 2.37. The predicted octanol–water partition coefficient (Wildman–Crippen LogP) is 2.66. The van der Waals surface area contributed by atoms with Crippen molar-refractivity contribution in [3.8, 4) is 0 Å². The molecule has 0 amide bonds. The van der Waals surface area contributed by atoms with Crippen molar-refractivity contribution in [2.24, 2.45) is 5.92 Å². The lowest BCUT2D eigenvalue weighted by Crippen LogP contribution is -2.29. The molecule has 0 atom stereocenters. The molecule has 1 aliphatic rings. The molecule has 0 spiro atoms. The SMILES string of the molecule is CC(=O)C(=Cc1ccccc1)C1CCNCC1. The highest BCUT2D eigenvalue weighted by Crippen LogP contribution is 2.24. The van der Waals surface area contributed by atoms with Crippen molar-refractivity contribution >= 4 is 11.9 Å². The zero-order chi connectivity index (χ0) is 12.1. The summed E-state index contributed by atoms with van der Waals surface area (Å²) >= 11 is 0. The molecule has 1 heterocycles. The number of ketones is 1. The molecule has 90 valence electrons. The van der Waals surface area contributed by atoms with Gasteiger partial charge in [-0.05, 0) is 56.0 Å². The van der Waals surface area contributed by atoms with Crippen LogP contribution in [0.25, 0.3) is 6.08 Å². The monoisotopic (exact) mass is 229 g/mol. The highest BCUT2D eigenvalue weighted by molar-refractivity contribution is 5.98. The molecule has 0 unspecified atom stereocenters. The molecular weight excluding hydrogens is 210 g/mol. The van der Waals surface area contributed by atoms with Crippen molar-refractivity contribution in [1.82, 2.24) is 5.32 Å². The molecule has 0 bridgehead atoms. The van der Waals surface area contributed by atoms with Crippen LogP contribution in [0, 0.1) is 5.92 Å². The van der Waals surface area contributed by atoms with E-state index in [0.717, 1.165) is 37.1 Å². The van der Waals surface area contributed by atoms with Crippen LogP contribution >= 0.6 is 0 Å². The van der Waals surface area contributed by atoms with Crippen molar-refractivity contribution in [1.29, 1.82) is 0 Å². The molecule has 1 saturated heterocycles. The van der Waals surface area contributed by atoms with E-state index in [1.807, 2.05) is 30.3 Å². The van der Waals surface area contributed by atoms with E-state index in [4.69, 9.17) is 0 Å². The largest absolute Gasteiger partial charge is 0.317 e. The first-order chi connectivity index (χ1) is 8.27. The quantitative estimate of drug-likeness (QED) is 0.807. The molecule has 1 aromatic carbocycles. The Morgan fingerprint density at radius 1 is 1.24 bits per heavy atom. The Hall–Kier alpha value is -1.41. The summed E-state index contributed by atoms with van der Waals surface area (Å²) in [7, 11) is 0. The summed E-state index contributed by atoms with van der Waals surface area (Å²) in [4.78, 5) is 11.8. The number of rotatable bonds is 3. The van der Waals surface area contributed by atoms with Crippen LogP contribution in [-0.2, 0) is 4.79 Å². The molecular formula is C15H19NO. The van der Waals surface area contributed by atoms with Crippen molar-refractivity contribution in [3.63, 3.8) is 0 Å². The first-order valence-electron chi connectivity index (χ1n) is 6.25. The van der Waals surface area contributed by atoms with E-state index in [-0.39, 0.29) is 5.78 Å². The van der Waals surface area contributed by atoms with Crippen LogP contribution in [0.4, 0.5) is 0 Å². The number of hydrogen-bond acceptors (Lipinski definition) is 2. The molecule has 1 fully saturated rings. The van der Waals surface area contributed by atoms with Gasteiger partial charge in [0.05, 0.1) is 0 Å². The maximum atomic E-state index is 11.8. The molecule has 0 aliphatic carbocycles. The maximum Gasteiger partial charge on any atom is 0.156 e. The van der Waals surface area contributed by atoms with Crippen LogP contribution in [0.2, 0.25) is 0 Å². The molecule has 0 aromatic heterocycles. The average molecular weight is 229 g/mol. The van der Waals surface area contributed by atoms with Gasteiger partial charge in [-0.2, -0.15) is 0 Å². The third-order valence-corrected chi connectivity index (χ3v) is 3.31. The summed E-state index contributed by atoms with van der Waals surface area (Å²) in [5.41, 5.74) is 2.11. The topological polar surface area (TPSA) is 29.1 Å². The van der Waals surface area contributed by atoms with Crippen molar-refractivity contribution < 1.29 is 4.79 Å². The van der Waals surface area contributed by atoms with Gasteiger partial charge in [-0.15, -0.1) is 0 Å². The second-order valence-corrected chi connectivity index (χ2v) is 4.59. The van der Waals surface area contributed by atoms with Gasteiger partial charge in [0, 0.05) is 0 Å². The highest BCUT2D eigenvalue weighted by atomic mass is 16.1.